The van der Waals surface area contributed by atoms with Gasteiger partial charge in [0.15, 0.2) is 5.16 Å². The van der Waals surface area contributed by atoms with Gasteiger partial charge in [0.05, 0.1) is 12.3 Å². The average Bonchev–Trinajstić information content (AvgIpc) is 3.34. The van der Waals surface area contributed by atoms with E-state index in [0.29, 0.717) is 11.7 Å². The van der Waals surface area contributed by atoms with E-state index in [1.807, 2.05) is 42.5 Å². The molecule has 6 heteroatoms. The van der Waals surface area contributed by atoms with Crippen LogP contribution in [0, 0.1) is 0 Å². The van der Waals surface area contributed by atoms with Crippen molar-refractivity contribution in [2.75, 3.05) is 0 Å². The van der Waals surface area contributed by atoms with E-state index in [0.717, 1.165) is 34.5 Å². The Morgan fingerprint density at radius 2 is 1.71 bits per heavy atom. The van der Waals surface area contributed by atoms with Crippen molar-refractivity contribution in [1.82, 2.24) is 19.9 Å². The van der Waals surface area contributed by atoms with Crippen LogP contribution < -0.4 is 0 Å². The average molecular weight is 388 g/mol. The zero-order valence-corrected chi connectivity index (χ0v) is 16.2. The largest absolute Gasteiger partial charge is 0.360 e. The maximum absolute atomic E-state index is 5.54. The maximum Gasteiger partial charge on any atom is 0.191 e. The number of benzene rings is 2. The summed E-state index contributed by atoms with van der Waals surface area (Å²) in [6, 6.07) is 22.6. The third kappa shape index (κ3) is 3.73. The van der Waals surface area contributed by atoms with Gasteiger partial charge >= 0.3 is 0 Å². The summed E-state index contributed by atoms with van der Waals surface area (Å²) in [5.74, 6) is 3.18. The zero-order valence-electron chi connectivity index (χ0n) is 15.4. The van der Waals surface area contributed by atoms with Crippen LogP contribution in [0.1, 0.15) is 35.9 Å². The number of rotatable bonds is 7. The Kier molecular flexibility index (Phi) is 4.71. The SMILES string of the molecule is c1ccc(Cn2c(SCc3cc(-c4ccccc4)no3)nnc2C2CC2)cc1. The van der Waals surface area contributed by atoms with Gasteiger partial charge in [-0.2, -0.15) is 0 Å². The molecule has 4 aromatic rings. The van der Waals surface area contributed by atoms with Crippen LogP contribution in [0.5, 0.6) is 0 Å². The highest BCUT2D eigenvalue weighted by atomic mass is 32.2. The van der Waals surface area contributed by atoms with E-state index in [1.165, 1.54) is 18.4 Å². The molecule has 0 atom stereocenters. The molecule has 5 rings (SSSR count). The molecule has 0 unspecified atom stereocenters. The molecule has 0 bridgehead atoms. The van der Waals surface area contributed by atoms with Crippen LogP contribution in [0.2, 0.25) is 0 Å². The molecule has 0 radical (unpaired) electrons. The third-order valence-electron chi connectivity index (χ3n) is 4.84. The van der Waals surface area contributed by atoms with Crippen LogP contribution in [0.15, 0.2) is 76.4 Å². The lowest BCUT2D eigenvalue weighted by Gasteiger charge is -2.09. The van der Waals surface area contributed by atoms with Crippen molar-refractivity contribution in [2.45, 2.75) is 36.2 Å². The molecule has 0 spiro atoms. The number of hydrogen-bond donors (Lipinski definition) is 0. The van der Waals surface area contributed by atoms with Crippen molar-refractivity contribution in [2.24, 2.45) is 0 Å². The minimum Gasteiger partial charge on any atom is -0.360 e. The van der Waals surface area contributed by atoms with E-state index < -0.39 is 0 Å². The Bertz CT molecular complexity index is 1050. The topological polar surface area (TPSA) is 56.7 Å². The highest BCUT2D eigenvalue weighted by Crippen LogP contribution is 2.40. The molecule has 0 amide bonds. The molecule has 2 heterocycles. The number of thioether (sulfide) groups is 1. The quantitative estimate of drug-likeness (QED) is 0.410. The summed E-state index contributed by atoms with van der Waals surface area (Å²) < 4.78 is 7.79. The molecule has 28 heavy (non-hydrogen) atoms. The maximum atomic E-state index is 5.54. The summed E-state index contributed by atoms with van der Waals surface area (Å²) in [5, 5.41) is 14.1. The Balaban J connectivity index is 1.34. The minimum atomic E-state index is 0.556. The fraction of sp³-hybridized carbons (Fsp3) is 0.227. The molecule has 1 aliphatic carbocycles. The Morgan fingerprint density at radius 1 is 0.964 bits per heavy atom. The van der Waals surface area contributed by atoms with E-state index in [2.05, 4.69) is 44.2 Å². The van der Waals surface area contributed by atoms with Crippen LogP contribution in [-0.4, -0.2) is 19.9 Å². The third-order valence-corrected chi connectivity index (χ3v) is 5.83. The Morgan fingerprint density at radius 3 is 2.46 bits per heavy atom. The van der Waals surface area contributed by atoms with Crippen LogP contribution in [0.3, 0.4) is 0 Å². The number of aromatic nitrogens is 4. The van der Waals surface area contributed by atoms with Crippen LogP contribution in [0.25, 0.3) is 11.3 Å². The molecular weight excluding hydrogens is 368 g/mol. The lowest BCUT2D eigenvalue weighted by atomic mass is 10.1. The van der Waals surface area contributed by atoms with Gasteiger partial charge in [0.25, 0.3) is 0 Å². The van der Waals surface area contributed by atoms with Crippen LogP contribution in [-0.2, 0) is 12.3 Å². The molecule has 2 aromatic heterocycles. The van der Waals surface area contributed by atoms with Gasteiger partial charge in [0, 0.05) is 17.5 Å². The Hall–Kier alpha value is -2.86. The second-order valence-electron chi connectivity index (χ2n) is 7.02. The zero-order chi connectivity index (χ0) is 18.8. The van der Waals surface area contributed by atoms with E-state index in [4.69, 9.17) is 4.52 Å². The molecule has 0 N–H and O–H groups in total. The first-order valence-corrected chi connectivity index (χ1v) is 10.5. The van der Waals surface area contributed by atoms with Gasteiger partial charge in [0.2, 0.25) is 0 Å². The molecule has 0 saturated heterocycles. The van der Waals surface area contributed by atoms with Crippen molar-refractivity contribution in [3.05, 3.63) is 83.9 Å². The fourth-order valence-electron chi connectivity index (χ4n) is 3.23. The van der Waals surface area contributed by atoms with Crippen molar-refractivity contribution in [1.29, 1.82) is 0 Å². The van der Waals surface area contributed by atoms with E-state index in [9.17, 15) is 0 Å². The van der Waals surface area contributed by atoms with Gasteiger partial charge in [-0.25, -0.2) is 0 Å². The summed E-state index contributed by atoms with van der Waals surface area (Å²) in [5.41, 5.74) is 3.18. The summed E-state index contributed by atoms with van der Waals surface area (Å²) in [4.78, 5) is 0. The van der Waals surface area contributed by atoms with E-state index in [-0.39, 0.29) is 0 Å². The summed E-state index contributed by atoms with van der Waals surface area (Å²) in [6.45, 7) is 0.799. The van der Waals surface area contributed by atoms with Crippen molar-refractivity contribution in [3.63, 3.8) is 0 Å². The fourth-order valence-corrected chi connectivity index (χ4v) is 4.05. The van der Waals surface area contributed by atoms with Crippen molar-refractivity contribution in [3.8, 4) is 11.3 Å². The molecule has 0 aliphatic heterocycles. The molecule has 1 fully saturated rings. The molecule has 1 aliphatic rings. The van der Waals surface area contributed by atoms with Crippen LogP contribution >= 0.6 is 11.8 Å². The lowest BCUT2D eigenvalue weighted by Crippen LogP contribution is -2.06. The van der Waals surface area contributed by atoms with Gasteiger partial charge in [-0.3, -0.25) is 0 Å². The van der Waals surface area contributed by atoms with Gasteiger partial charge in [-0.1, -0.05) is 77.6 Å². The van der Waals surface area contributed by atoms with Crippen molar-refractivity contribution < 1.29 is 4.52 Å². The van der Waals surface area contributed by atoms with Crippen molar-refractivity contribution >= 4 is 11.8 Å². The molecule has 2 aromatic carbocycles. The monoisotopic (exact) mass is 388 g/mol. The second-order valence-corrected chi connectivity index (χ2v) is 7.96. The standard InChI is InChI=1S/C22H20N4OS/c1-3-7-16(8-4-1)14-26-21(18-11-12-18)23-24-22(26)28-15-19-13-20(25-27-19)17-9-5-2-6-10-17/h1-10,13,18H,11-12,14-15H2. The molecular formula is C22H20N4OS. The normalized spacial score (nSPS) is 13.7. The lowest BCUT2D eigenvalue weighted by molar-refractivity contribution is 0.397. The molecule has 5 nitrogen and oxygen atoms in total. The number of hydrogen-bond acceptors (Lipinski definition) is 5. The minimum absolute atomic E-state index is 0.556. The number of nitrogens with zero attached hydrogens (tertiary/aromatic N) is 4. The molecule has 140 valence electrons. The summed E-state index contributed by atoms with van der Waals surface area (Å²) >= 11 is 1.65. The van der Waals surface area contributed by atoms with E-state index in [1.54, 1.807) is 11.8 Å². The van der Waals surface area contributed by atoms with Gasteiger partial charge in [-0.15, -0.1) is 10.2 Å². The smallest absolute Gasteiger partial charge is 0.191 e. The highest BCUT2D eigenvalue weighted by Gasteiger charge is 2.30. The first-order valence-electron chi connectivity index (χ1n) is 9.47. The first-order chi connectivity index (χ1) is 13.9. The second kappa shape index (κ2) is 7.64. The summed E-state index contributed by atoms with van der Waals surface area (Å²) in [7, 11) is 0. The highest BCUT2D eigenvalue weighted by molar-refractivity contribution is 7.98. The predicted molar refractivity (Wildman–Crippen MR) is 109 cm³/mol. The van der Waals surface area contributed by atoms with Crippen LogP contribution in [0.4, 0.5) is 0 Å². The van der Waals surface area contributed by atoms with Gasteiger partial charge < -0.3 is 9.09 Å². The predicted octanol–water partition coefficient (Wildman–Crippen LogP) is 5.15. The Labute approximate surface area is 167 Å². The van der Waals surface area contributed by atoms with Gasteiger partial charge in [0.1, 0.15) is 17.3 Å². The first kappa shape index (κ1) is 17.3. The summed E-state index contributed by atoms with van der Waals surface area (Å²) in [6.07, 6.45) is 2.42. The van der Waals surface area contributed by atoms with Gasteiger partial charge in [-0.05, 0) is 18.4 Å². The van der Waals surface area contributed by atoms with E-state index >= 15 is 0 Å². The molecule has 1 saturated carbocycles.